The molecule has 6 nitrogen and oxygen atoms in total. The first-order valence-electron chi connectivity index (χ1n) is 11.7. The number of fused-ring (bicyclic) bond motifs is 1. The SMILES string of the molecule is CC(C)CNC(=O)[C@@]1(OCc2ccccc2)C[C@H](OCC2CC2)[C@@H]2OC(C)(C)O[C@@H]2C1. The third-order valence-corrected chi connectivity index (χ3v) is 6.34. The highest BCUT2D eigenvalue weighted by atomic mass is 16.8. The van der Waals surface area contributed by atoms with Crippen molar-refractivity contribution in [3.05, 3.63) is 35.9 Å². The van der Waals surface area contributed by atoms with Crippen LogP contribution >= 0.6 is 0 Å². The molecule has 2 aliphatic carbocycles. The molecule has 4 rings (SSSR count). The van der Waals surface area contributed by atoms with E-state index in [2.05, 4.69) is 19.2 Å². The molecule has 31 heavy (non-hydrogen) atoms. The average Bonchev–Trinajstić information content (AvgIpc) is 3.50. The Kier molecular flexibility index (Phi) is 6.73. The molecule has 3 fully saturated rings. The second-order valence-electron chi connectivity index (χ2n) is 10.2. The van der Waals surface area contributed by atoms with Gasteiger partial charge in [0.1, 0.15) is 6.10 Å². The van der Waals surface area contributed by atoms with Crippen LogP contribution in [0.25, 0.3) is 0 Å². The second-order valence-corrected chi connectivity index (χ2v) is 10.2. The van der Waals surface area contributed by atoms with Crippen LogP contribution < -0.4 is 5.32 Å². The molecule has 3 aliphatic rings. The van der Waals surface area contributed by atoms with Gasteiger partial charge in [-0.05, 0) is 44.1 Å². The van der Waals surface area contributed by atoms with Gasteiger partial charge in [-0.15, -0.1) is 0 Å². The number of benzene rings is 1. The first-order valence-corrected chi connectivity index (χ1v) is 11.7. The van der Waals surface area contributed by atoms with Gasteiger partial charge in [0, 0.05) is 26.0 Å². The van der Waals surface area contributed by atoms with Crippen molar-refractivity contribution in [2.24, 2.45) is 11.8 Å². The van der Waals surface area contributed by atoms with Crippen LogP contribution in [-0.2, 0) is 30.3 Å². The van der Waals surface area contributed by atoms with Gasteiger partial charge in [0.15, 0.2) is 11.4 Å². The Bertz CT molecular complexity index is 748. The van der Waals surface area contributed by atoms with Crippen LogP contribution in [-0.4, -0.2) is 48.8 Å². The van der Waals surface area contributed by atoms with Gasteiger partial charge in [-0.25, -0.2) is 0 Å². The lowest BCUT2D eigenvalue weighted by atomic mass is 9.78. The molecule has 1 amide bonds. The van der Waals surface area contributed by atoms with Crippen molar-refractivity contribution in [3.63, 3.8) is 0 Å². The molecule has 1 heterocycles. The first-order chi connectivity index (χ1) is 14.8. The summed E-state index contributed by atoms with van der Waals surface area (Å²) in [6.07, 6.45) is 2.70. The molecule has 4 atom stereocenters. The smallest absolute Gasteiger partial charge is 0.252 e. The van der Waals surface area contributed by atoms with Gasteiger partial charge in [-0.1, -0.05) is 44.2 Å². The maximum absolute atomic E-state index is 13.5. The van der Waals surface area contributed by atoms with Crippen molar-refractivity contribution in [2.75, 3.05) is 13.2 Å². The molecule has 0 unspecified atom stereocenters. The van der Waals surface area contributed by atoms with Crippen molar-refractivity contribution < 1.29 is 23.7 Å². The van der Waals surface area contributed by atoms with Gasteiger partial charge in [0.25, 0.3) is 5.91 Å². The quantitative estimate of drug-likeness (QED) is 0.644. The molecule has 1 aromatic carbocycles. The number of hydrogen-bond donors (Lipinski definition) is 1. The third kappa shape index (κ3) is 5.67. The average molecular weight is 432 g/mol. The number of carbonyl (C=O) groups excluding carboxylic acids is 1. The molecule has 1 N–H and O–H groups in total. The van der Waals surface area contributed by atoms with E-state index in [-0.39, 0.29) is 24.2 Å². The van der Waals surface area contributed by atoms with Crippen LogP contribution in [0.3, 0.4) is 0 Å². The molecule has 6 heteroatoms. The van der Waals surface area contributed by atoms with E-state index in [1.165, 1.54) is 12.8 Å². The Morgan fingerprint density at radius 1 is 1.16 bits per heavy atom. The van der Waals surface area contributed by atoms with E-state index in [4.69, 9.17) is 18.9 Å². The van der Waals surface area contributed by atoms with Crippen LogP contribution in [0.15, 0.2) is 30.3 Å². The number of ether oxygens (including phenoxy) is 4. The lowest BCUT2D eigenvalue weighted by molar-refractivity contribution is -0.182. The maximum atomic E-state index is 13.5. The van der Waals surface area contributed by atoms with E-state index in [1.807, 2.05) is 44.2 Å². The van der Waals surface area contributed by atoms with Crippen molar-refractivity contribution in [2.45, 2.75) is 89.7 Å². The minimum Gasteiger partial charge on any atom is -0.375 e. The number of nitrogens with one attached hydrogen (secondary N) is 1. The highest BCUT2D eigenvalue weighted by Crippen LogP contribution is 2.44. The first kappa shape index (κ1) is 22.7. The minimum absolute atomic E-state index is 0.0797. The Balaban J connectivity index is 1.56. The van der Waals surface area contributed by atoms with Gasteiger partial charge < -0.3 is 24.3 Å². The van der Waals surface area contributed by atoms with E-state index in [9.17, 15) is 4.79 Å². The standard InChI is InChI=1S/C25H37NO5/c1-17(2)14-26-23(27)25(29-16-18-8-6-5-7-9-18)12-20(28-15-19-10-11-19)22-21(13-25)30-24(3,4)31-22/h5-9,17,19-22H,10-16H2,1-4H3,(H,26,27)/t20-,21+,22-,25+/m0/s1. The molecule has 0 spiro atoms. The zero-order valence-electron chi connectivity index (χ0n) is 19.3. The Hall–Kier alpha value is -1.47. The van der Waals surface area contributed by atoms with Gasteiger partial charge in [-0.2, -0.15) is 0 Å². The predicted octanol–water partition coefficient (Wildman–Crippen LogP) is 3.82. The van der Waals surface area contributed by atoms with Crippen LogP contribution in [0.2, 0.25) is 0 Å². The van der Waals surface area contributed by atoms with E-state index in [0.29, 0.717) is 44.4 Å². The Morgan fingerprint density at radius 3 is 2.58 bits per heavy atom. The third-order valence-electron chi connectivity index (χ3n) is 6.34. The summed E-state index contributed by atoms with van der Waals surface area (Å²) in [6.45, 7) is 9.72. The highest BCUT2D eigenvalue weighted by molar-refractivity contribution is 5.85. The summed E-state index contributed by atoms with van der Waals surface area (Å²) < 4.78 is 25.2. The Morgan fingerprint density at radius 2 is 1.90 bits per heavy atom. The van der Waals surface area contributed by atoms with E-state index in [0.717, 1.165) is 5.56 Å². The number of carbonyl (C=O) groups is 1. The van der Waals surface area contributed by atoms with Gasteiger partial charge in [0.05, 0.1) is 18.8 Å². The number of rotatable bonds is 9. The predicted molar refractivity (Wildman–Crippen MR) is 117 cm³/mol. The summed E-state index contributed by atoms with van der Waals surface area (Å²) in [7, 11) is 0. The second kappa shape index (κ2) is 9.18. The molecular weight excluding hydrogens is 394 g/mol. The lowest BCUT2D eigenvalue weighted by Crippen LogP contribution is -2.60. The largest absolute Gasteiger partial charge is 0.375 e. The number of hydrogen-bond acceptors (Lipinski definition) is 5. The van der Waals surface area contributed by atoms with E-state index in [1.54, 1.807) is 0 Å². The molecule has 1 saturated heterocycles. The summed E-state index contributed by atoms with van der Waals surface area (Å²) in [5, 5.41) is 3.11. The molecular formula is C25H37NO5. The fourth-order valence-corrected chi connectivity index (χ4v) is 4.51. The van der Waals surface area contributed by atoms with E-state index >= 15 is 0 Å². The van der Waals surface area contributed by atoms with Crippen LogP contribution in [0, 0.1) is 11.8 Å². The molecule has 0 aromatic heterocycles. The van der Waals surface area contributed by atoms with Gasteiger partial charge in [-0.3, -0.25) is 4.79 Å². The zero-order valence-corrected chi connectivity index (χ0v) is 19.3. The van der Waals surface area contributed by atoms with Crippen molar-refractivity contribution >= 4 is 5.91 Å². The maximum Gasteiger partial charge on any atom is 0.252 e. The number of amides is 1. The fourth-order valence-electron chi connectivity index (χ4n) is 4.51. The summed E-state index contributed by atoms with van der Waals surface area (Å²) in [5.74, 6) is 0.216. The van der Waals surface area contributed by atoms with Crippen molar-refractivity contribution in [1.82, 2.24) is 5.32 Å². The monoisotopic (exact) mass is 431 g/mol. The van der Waals surface area contributed by atoms with Crippen LogP contribution in [0.1, 0.15) is 58.9 Å². The molecule has 2 saturated carbocycles. The summed E-state index contributed by atoms with van der Waals surface area (Å²) >= 11 is 0. The van der Waals surface area contributed by atoms with Crippen molar-refractivity contribution in [1.29, 1.82) is 0 Å². The zero-order chi connectivity index (χ0) is 22.1. The Labute approximate surface area is 186 Å². The minimum atomic E-state index is -1.01. The summed E-state index contributed by atoms with van der Waals surface area (Å²) in [5.41, 5.74) is 0.0317. The normalized spacial score (nSPS) is 32.1. The molecule has 172 valence electrons. The topological polar surface area (TPSA) is 66.0 Å². The summed E-state index contributed by atoms with van der Waals surface area (Å²) in [4.78, 5) is 13.5. The van der Waals surface area contributed by atoms with Gasteiger partial charge >= 0.3 is 0 Å². The van der Waals surface area contributed by atoms with E-state index < -0.39 is 11.4 Å². The fraction of sp³-hybridized carbons (Fsp3) is 0.720. The van der Waals surface area contributed by atoms with Crippen LogP contribution in [0.5, 0.6) is 0 Å². The van der Waals surface area contributed by atoms with Crippen molar-refractivity contribution in [3.8, 4) is 0 Å². The highest BCUT2D eigenvalue weighted by Gasteiger charge is 2.58. The molecule has 0 radical (unpaired) electrons. The molecule has 0 bridgehead atoms. The lowest BCUT2D eigenvalue weighted by Gasteiger charge is -2.43. The summed E-state index contributed by atoms with van der Waals surface area (Å²) in [6, 6.07) is 9.99. The molecule has 1 aliphatic heterocycles. The molecule has 1 aromatic rings. The van der Waals surface area contributed by atoms with Crippen LogP contribution in [0.4, 0.5) is 0 Å². The van der Waals surface area contributed by atoms with Gasteiger partial charge in [0.2, 0.25) is 0 Å².